The van der Waals surface area contributed by atoms with Crippen molar-refractivity contribution < 1.29 is 14.3 Å². The summed E-state index contributed by atoms with van der Waals surface area (Å²) < 4.78 is 10.4. The van der Waals surface area contributed by atoms with Crippen molar-refractivity contribution in [2.24, 2.45) is 0 Å². The van der Waals surface area contributed by atoms with Crippen molar-refractivity contribution in [2.75, 3.05) is 56.8 Å². The Morgan fingerprint density at radius 1 is 1.27 bits per heavy atom. The number of carbonyl (C=O) groups excluding carboxylic acids is 1. The van der Waals surface area contributed by atoms with Crippen LogP contribution in [0.4, 0.5) is 17.1 Å². The maximum absolute atomic E-state index is 12.2. The number of nitrogens with zero attached hydrogens (tertiary/aromatic N) is 2. The van der Waals surface area contributed by atoms with Gasteiger partial charge in [-0.1, -0.05) is 12.1 Å². The zero-order valence-electron chi connectivity index (χ0n) is 14.9. The molecule has 138 valence electrons. The van der Waals surface area contributed by atoms with E-state index in [1.54, 1.807) is 19.4 Å². The van der Waals surface area contributed by atoms with E-state index in [1.807, 2.05) is 24.3 Å². The smallest absolute Gasteiger partial charge is 0.270 e. The SMILES string of the molecule is COCCNC(=O)c1cc(Nc2ccccc2N2CCOCC2)ccn1. The van der Waals surface area contributed by atoms with Gasteiger partial charge in [0.05, 0.1) is 31.2 Å². The highest BCUT2D eigenvalue weighted by Gasteiger charge is 2.15. The molecule has 0 atom stereocenters. The Morgan fingerprint density at radius 3 is 2.88 bits per heavy atom. The number of anilines is 3. The van der Waals surface area contributed by atoms with Crippen LogP contribution in [0.1, 0.15) is 10.5 Å². The minimum Gasteiger partial charge on any atom is -0.383 e. The van der Waals surface area contributed by atoms with Crippen molar-refractivity contribution in [2.45, 2.75) is 0 Å². The third-order valence-electron chi connectivity index (χ3n) is 4.12. The summed E-state index contributed by atoms with van der Waals surface area (Å²) in [5, 5.41) is 6.18. The van der Waals surface area contributed by atoms with E-state index in [9.17, 15) is 4.79 Å². The van der Waals surface area contributed by atoms with Gasteiger partial charge in [-0.2, -0.15) is 0 Å². The standard InChI is InChI=1S/C19H24N4O3/c1-25-11-8-21-19(24)17-14-15(6-7-20-17)22-16-4-2-3-5-18(16)23-9-12-26-13-10-23/h2-7,14H,8-13H2,1H3,(H,20,22)(H,21,24). The summed E-state index contributed by atoms with van der Waals surface area (Å²) >= 11 is 0. The van der Waals surface area contributed by atoms with Crippen LogP contribution in [-0.2, 0) is 9.47 Å². The number of morpholine rings is 1. The fourth-order valence-corrected chi connectivity index (χ4v) is 2.80. The van der Waals surface area contributed by atoms with Crippen molar-refractivity contribution in [3.63, 3.8) is 0 Å². The van der Waals surface area contributed by atoms with Crippen LogP contribution in [0.15, 0.2) is 42.6 Å². The molecule has 1 saturated heterocycles. The molecule has 26 heavy (non-hydrogen) atoms. The van der Waals surface area contributed by atoms with Crippen LogP contribution in [0.3, 0.4) is 0 Å². The number of para-hydroxylation sites is 2. The number of ether oxygens (including phenoxy) is 2. The van der Waals surface area contributed by atoms with E-state index >= 15 is 0 Å². The molecule has 1 aromatic carbocycles. The van der Waals surface area contributed by atoms with Crippen LogP contribution in [0.25, 0.3) is 0 Å². The first-order valence-corrected chi connectivity index (χ1v) is 8.70. The Bertz CT molecular complexity index is 732. The first-order valence-electron chi connectivity index (χ1n) is 8.70. The molecule has 1 aliphatic rings. The van der Waals surface area contributed by atoms with Gasteiger partial charge >= 0.3 is 0 Å². The molecule has 0 radical (unpaired) electrons. The van der Waals surface area contributed by atoms with Crippen molar-refractivity contribution in [3.8, 4) is 0 Å². The monoisotopic (exact) mass is 356 g/mol. The van der Waals surface area contributed by atoms with Gasteiger partial charge in [-0.05, 0) is 24.3 Å². The van der Waals surface area contributed by atoms with Gasteiger partial charge in [-0.15, -0.1) is 0 Å². The second kappa shape index (κ2) is 9.17. The highest BCUT2D eigenvalue weighted by molar-refractivity contribution is 5.93. The number of amides is 1. The van der Waals surface area contributed by atoms with Gasteiger partial charge in [-0.25, -0.2) is 0 Å². The van der Waals surface area contributed by atoms with Gasteiger partial charge in [0.2, 0.25) is 0 Å². The minimum absolute atomic E-state index is 0.216. The van der Waals surface area contributed by atoms with Gasteiger partial charge in [0.25, 0.3) is 5.91 Å². The number of methoxy groups -OCH3 is 1. The van der Waals surface area contributed by atoms with Crippen LogP contribution in [0.2, 0.25) is 0 Å². The first-order chi connectivity index (χ1) is 12.8. The number of carbonyl (C=O) groups is 1. The molecule has 1 aliphatic heterocycles. The molecule has 2 aromatic rings. The molecule has 2 N–H and O–H groups in total. The van der Waals surface area contributed by atoms with Gasteiger partial charge < -0.3 is 25.0 Å². The highest BCUT2D eigenvalue weighted by atomic mass is 16.5. The van der Waals surface area contributed by atoms with Crippen LogP contribution in [-0.4, -0.2) is 57.5 Å². The van der Waals surface area contributed by atoms with E-state index in [1.165, 1.54) is 0 Å². The lowest BCUT2D eigenvalue weighted by Gasteiger charge is -2.30. The average Bonchev–Trinajstić information content (AvgIpc) is 2.69. The van der Waals surface area contributed by atoms with Crippen LogP contribution >= 0.6 is 0 Å². The Hall–Kier alpha value is -2.64. The summed E-state index contributed by atoms with van der Waals surface area (Å²) in [4.78, 5) is 18.6. The lowest BCUT2D eigenvalue weighted by atomic mass is 10.2. The Kier molecular flexibility index (Phi) is 6.40. The largest absolute Gasteiger partial charge is 0.383 e. The number of nitrogens with one attached hydrogen (secondary N) is 2. The van der Waals surface area contributed by atoms with E-state index < -0.39 is 0 Å². The number of aromatic nitrogens is 1. The topological polar surface area (TPSA) is 75.7 Å². The normalized spacial score (nSPS) is 14.1. The Balaban J connectivity index is 1.73. The summed E-state index contributed by atoms with van der Waals surface area (Å²) in [6.07, 6.45) is 1.63. The van der Waals surface area contributed by atoms with Crippen molar-refractivity contribution >= 4 is 23.0 Å². The number of benzene rings is 1. The predicted octanol–water partition coefficient (Wildman–Crippen LogP) is 2.04. The van der Waals surface area contributed by atoms with E-state index in [-0.39, 0.29) is 5.91 Å². The van der Waals surface area contributed by atoms with Gasteiger partial charge in [0.1, 0.15) is 5.69 Å². The van der Waals surface area contributed by atoms with Crippen LogP contribution in [0.5, 0.6) is 0 Å². The molecule has 2 heterocycles. The Morgan fingerprint density at radius 2 is 2.08 bits per heavy atom. The van der Waals surface area contributed by atoms with E-state index in [0.717, 1.165) is 43.4 Å². The molecule has 1 aromatic heterocycles. The number of rotatable bonds is 7. The maximum atomic E-state index is 12.2. The fraction of sp³-hybridized carbons (Fsp3) is 0.368. The molecule has 3 rings (SSSR count). The third-order valence-corrected chi connectivity index (χ3v) is 4.12. The van der Waals surface area contributed by atoms with Gasteiger partial charge in [-0.3, -0.25) is 9.78 Å². The quantitative estimate of drug-likeness (QED) is 0.740. The first kappa shape index (κ1) is 18.2. The lowest BCUT2D eigenvalue weighted by Crippen LogP contribution is -2.36. The third kappa shape index (κ3) is 4.71. The molecule has 0 aliphatic carbocycles. The zero-order valence-corrected chi connectivity index (χ0v) is 14.9. The van der Waals surface area contributed by atoms with Crippen molar-refractivity contribution in [3.05, 3.63) is 48.3 Å². The van der Waals surface area contributed by atoms with Crippen molar-refractivity contribution in [1.82, 2.24) is 10.3 Å². The Labute approximate surface area is 153 Å². The second-order valence-corrected chi connectivity index (χ2v) is 5.92. The highest BCUT2D eigenvalue weighted by Crippen LogP contribution is 2.29. The van der Waals surface area contributed by atoms with Crippen LogP contribution in [0, 0.1) is 0 Å². The number of pyridine rings is 1. The van der Waals surface area contributed by atoms with E-state index in [4.69, 9.17) is 9.47 Å². The maximum Gasteiger partial charge on any atom is 0.270 e. The predicted molar refractivity (Wildman–Crippen MR) is 101 cm³/mol. The van der Waals surface area contributed by atoms with E-state index in [0.29, 0.717) is 18.8 Å². The van der Waals surface area contributed by atoms with Gasteiger partial charge in [0.15, 0.2) is 0 Å². The molecule has 0 unspecified atom stereocenters. The molecule has 7 heteroatoms. The van der Waals surface area contributed by atoms with Crippen LogP contribution < -0.4 is 15.5 Å². The summed E-state index contributed by atoms with van der Waals surface area (Å²) in [7, 11) is 1.60. The minimum atomic E-state index is -0.216. The van der Waals surface area contributed by atoms with Crippen molar-refractivity contribution in [1.29, 1.82) is 0 Å². The molecule has 1 amide bonds. The molecule has 0 saturated carbocycles. The fourth-order valence-electron chi connectivity index (χ4n) is 2.80. The summed E-state index contributed by atoms with van der Waals surface area (Å²) in [5.41, 5.74) is 3.30. The molecule has 0 bridgehead atoms. The molecule has 0 spiro atoms. The summed E-state index contributed by atoms with van der Waals surface area (Å²) in [6, 6.07) is 11.7. The summed E-state index contributed by atoms with van der Waals surface area (Å²) in [5.74, 6) is -0.216. The average molecular weight is 356 g/mol. The summed E-state index contributed by atoms with van der Waals surface area (Å²) in [6.45, 7) is 4.11. The zero-order chi connectivity index (χ0) is 18.2. The molecular formula is C19H24N4O3. The molecule has 1 fully saturated rings. The molecule has 7 nitrogen and oxygen atoms in total. The number of hydrogen-bond donors (Lipinski definition) is 2. The lowest BCUT2D eigenvalue weighted by molar-refractivity contribution is 0.0932. The van der Waals surface area contributed by atoms with E-state index in [2.05, 4.69) is 26.6 Å². The second-order valence-electron chi connectivity index (χ2n) is 5.92. The molecular weight excluding hydrogens is 332 g/mol. The number of hydrogen-bond acceptors (Lipinski definition) is 6. The van der Waals surface area contributed by atoms with Gasteiger partial charge in [0, 0.05) is 38.6 Å².